The van der Waals surface area contributed by atoms with Crippen LogP contribution in [0.4, 0.5) is 5.69 Å². The molecule has 0 amide bonds. The predicted octanol–water partition coefficient (Wildman–Crippen LogP) is 3.60. The molecule has 4 heteroatoms. The molecule has 3 nitrogen and oxygen atoms in total. The van der Waals surface area contributed by atoms with Crippen molar-refractivity contribution in [2.75, 3.05) is 11.9 Å². The molecule has 0 spiro atoms. The molecular formula is C12H14BrN3. The van der Waals surface area contributed by atoms with Gasteiger partial charge in [0, 0.05) is 23.4 Å². The van der Waals surface area contributed by atoms with E-state index in [9.17, 15) is 0 Å². The molecule has 0 aliphatic rings. The number of pyridine rings is 2. The van der Waals surface area contributed by atoms with Gasteiger partial charge in [0.05, 0.1) is 11.2 Å². The first-order chi connectivity index (χ1) is 7.81. The molecule has 2 rings (SSSR count). The molecule has 0 aliphatic carbocycles. The van der Waals surface area contributed by atoms with Crippen molar-refractivity contribution >= 4 is 32.7 Å². The van der Waals surface area contributed by atoms with Crippen LogP contribution in [0.5, 0.6) is 0 Å². The Kier molecular flexibility index (Phi) is 3.72. The number of nitrogens with zero attached hydrogens (tertiary/aromatic N) is 2. The maximum atomic E-state index is 4.39. The molecular weight excluding hydrogens is 266 g/mol. The van der Waals surface area contributed by atoms with Crippen molar-refractivity contribution in [2.24, 2.45) is 0 Å². The van der Waals surface area contributed by atoms with Gasteiger partial charge in [0.25, 0.3) is 0 Å². The summed E-state index contributed by atoms with van der Waals surface area (Å²) in [6, 6.07) is 3.95. The fourth-order valence-electron chi connectivity index (χ4n) is 1.55. The lowest BCUT2D eigenvalue weighted by atomic mass is 10.2. The van der Waals surface area contributed by atoms with Gasteiger partial charge < -0.3 is 5.32 Å². The lowest BCUT2D eigenvalue weighted by molar-refractivity contribution is 0.834. The Morgan fingerprint density at radius 1 is 1.38 bits per heavy atom. The Morgan fingerprint density at radius 3 is 3.06 bits per heavy atom. The van der Waals surface area contributed by atoms with Gasteiger partial charge >= 0.3 is 0 Å². The Balaban J connectivity index is 2.30. The summed E-state index contributed by atoms with van der Waals surface area (Å²) in [7, 11) is 0. The number of nitrogens with one attached hydrogen (secondary N) is 1. The minimum Gasteiger partial charge on any atom is -0.383 e. The number of anilines is 1. The lowest BCUT2D eigenvalue weighted by Gasteiger charge is -2.07. The minimum absolute atomic E-state index is 0.913. The maximum absolute atomic E-state index is 4.39. The number of halogens is 1. The highest BCUT2D eigenvalue weighted by molar-refractivity contribution is 9.10. The molecule has 0 saturated carbocycles. The van der Waals surface area contributed by atoms with Crippen LogP contribution in [-0.4, -0.2) is 16.5 Å². The monoisotopic (exact) mass is 279 g/mol. The molecule has 2 aromatic rings. The van der Waals surface area contributed by atoms with Crippen LogP contribution < -0.4 is 5.32 Å². The van der Waals surface area contributed by atoms with Crippen molar-refractivity contribution < 1.29 is 0 Å². The quantitative estimate of drug-likeness (QED) is 0.869. The second-order valence-corrected chi connectivity index (χ2v) is 4.58. The molecule has 0 unspecified atom stereocenters. The van der Waals surface area contributed by atoms with Gasteiger partial charge in [0.1, 0.15) is 5.52 Å². The Hall–Kier alpha value is -1.16. The highest BCUT2D eigenvalue weighted by Gasteiger charge is 2.02. The van der Waals surface area contributed by atoms with E-state index in [4.69, 9.17) is 0 Å². The van der Waals surface area contributed by atoms with Gasteiger partial charge in [-0.15, -0.1) is 0 Å². The molecule has 2 heterocycles. The molecule has 16 heavy (non-hydrogen) atoms. The zero-order valence-electron chi connectivity index (χ0n) is 9.20. The van der Waals surface area contributed by atoms with E-state index in [2.05, 4.69) is 38.1 Å². The average molecular weight is 280 g/mol. The van der Waals surface area contributed by atoms with E-state index in [0.717, 1.165) is 27.7 Å². The van der Waals surface area contributed by atoms with Gasteiger partial charge in [-0.1, -0.05) is 13.3 Å². The fourth-order valence-corrected chi connectivity index (χ4v) is 1.87. The van der Waals surface area contributed by atoms with Crippen molar-refractivity contribution in [1.82, 2.24) is 9.97 Å². The van der Waals surface area contributed by atoms with E-state index >= 15 is 0 Å². The summed E-state index contributed by atoms with van der Waals surface area (Å²) in [6.07, 6.45) is 5.97. The van der Waals surface area contributed by atoms with Gasteiger partial charge in [-0.2, -0.15) is 0 Å². The first-order valence-electron chi connectivity index (χ1n) is 5.45. The second kappa shape index (κ2) is 5.25. The Bertz CT molecular complexity index is 485. The maximum Gasteiger partial charge on any atom is 0.112 e. The van der Waals surface area contributed by atoms with E-state index in [1.807, 2.05) is 18.3 Å². The van der Waals surface area contributed by atoms with E-state index in [1.165, 1.54) is 12.8 Å². The number of fused-ring (bicyclic) bond motifs is 1. The standard InChI is InChI=1S/C12H14BrN3/c1-2-3-5-14-10-4-6-15-11-7-9(13)8-16-12(10)11/h4,6-8H,2-3,5H2,1H3,(H,14,15). The van der Waals surface area contributed by atoms with Gasteiger partial charge in [-0.3, -0.25) is 9.97 Å². The van der Waals surface area contributed by atoms with Crippen LogP contribution in [0.3, 0.4) is 0 Å². The van der Waals surface area contributed by atoms with Crippen molar-refractivity contribution in [3.8, 4) is 0 Å². The third-order valence-electron chi connectivity index (χ3n) is 2.39. The highest BCUT2D eigenvalue weighted by Crippen LogP contribution is 2.21. The molecule has 0 bridgehead atoms. The van der Waals surface area contributed by atoms with Crippen molar-refractivity contribution in [2.45, 2.75) is 19.8 Å². The SMILES string of the molecule is CCCCNc1ccnc2cc(Br)cnc12. The predicted molar refractivity (Wildman–Crippen MR) is 70.6 cm³/mol. The molecule has 0 aliphatic heterocycles. The Morgan fingerprint density at radius 2 is 2.25 bits per heavy atom. The van der Waals surface area contributed by atoms with Crippen LogP contribution in [0, 0.1) is 0 Å². The summed E-state index contributed by atoms with van der Waals surface area (Å²) in [5.41, 5.74) is 2.91. The summed E-state index contributed by atoms with van der Waals surface area (Å²) in [5, 5.41) is 3.39. The molecule has 84 valence electrons. The summed E-state index contributed by atoms with van der Waals surface area (Å²) < 4.78 is 0.957. The van der Waals surface area contributed by atoms with Gasteiger partial charge in [0.2, 0.25) is 0 Å². The van der Waals surface area contributed by atoms with E-state index < -0.39 is 0 Å². The van der Waals surface area contributed by atoms with Crippen LogP contribution >= 0.6 is 15.9 Å². The smallest absolute Gasteiger partial charge is 0.112 e. The molecule has 0 radical (unpaired) electrons. The number of aromatic nitrogens is 2. The normalized spacial score (nSPS) is 10.6. The number of hydrogen-bond donors (Lipinski definition) is 1. The summed E-state index contributed by atoms with van der Waals surface area (Å²) in [5.74, 6) is 0. The summed E-state index contributed by atoms with van der Waals surface area (Å²) >= 11 is 3.40. The third-order valence-corrected chi connectivity index (χ3v) is 2.82. The molecule has 0 atom stereocenters. The van der Waals surface area contributed by atoms with Gasteiger partial charge in [0.15, 0.2) is 0 Å². The van der Waals surface area contributed by atoms with E-state index in [0.29, 0.717) is 0 Å². The van der Waals surface area contributed by atoms with Crippen molar-refractivity contribution in [3.05, 3.63) is 29.0 Å². The second-order valence-electron chi connectivity index (χ2n) is 3.66. The van der Waals surface area contributed by atoms with Crippen LogP contribution in [0.15, 0.2) is 29.0 Å². The summed E-state index contributed by atoms with van der Waals surface area (Å²) in [4.78, 5) is 8.69. The number of rotatable bonds is 4. The molecule has 1 N–H and O–H groups in total. The van der Waals surface area contributed by atoms with E-state index in [-0.39, 0.29) is 0 Å². The molecule has 0 fully saturated rings. The first kappa shape index (κ1) is 11.3. The minimum atomic E-state index is 0.913. The number of hydrogen-bond acceptors (Lipinski definition) is 3. The first-order valence-corrected chi connectivity index (χ1v) is 6.24. The topological polar surface area (TPSA) is 37.8 Å². The van der Waals surface area contributed by atoms with Gasteiger partial charge in [-0.25, -0.2) is 0 Å². The van der Waals surface area contributed by atoms with Crippen LogP contribution in [0.2, 0.25) is 0 Å². The zero-order chi connectivity index (χ0) is 11.4. The Labute approximate surface area is 103 Å². The average Bonchev–Trinajstić information content (AvgIpc) is 2.29. The fraction of sp³-hybridized carbons (Fsp3) is 0.333. The van der Waals surface area contributed by atoms with Gasteiger partial charge in [-0.05, 0) is 34.5 Å². The van der Waals surface area contributed by atoms with Crippen LogP contribution in [0.25, 0.3) is 11.0 Å². The molecule has 0 saturated heterocycles. The molecule has 0 aromatic carbocycles. The van der Waals surface area contributed by atoms with Crippen LogP contribution in [0.1, 0.15) is 19.8 Å². The zero-order valence-corrected chi connectivity index (χ0v) is 10.8. The van der Waals surface area contributed by atoms with Crippen molar-refractivity contribution in [1.29, 1.82) is 0 Å². The highest BCUT2D eigenvalue weighted by atomic mass is 79.9. The lowest BCUT2D eigenvalue weighted by Crippen LogP contribution is -2.02. The number of unbranched alkanes of at least 4 members (excludes halogenated alkanes) is 1. The largest absolute Gasteiger partial charge is 0.383 e. The van der Waals surface area contributed by atoms with Crippen molar-refractivity contribution in [3.63, 3.8) is 0 Å². The van der Waals surface area contributed by atoms with Crippen LogP contribution in [-0.2, 0) is 0 Å². The van der Waals surface area contributed by atoms with E-state index in [1.54, 1.807) is 6.20 Å². The molecule has 2 aromatic heterocycles. The summed E-state index contributed by atoms with van der Waals surface area (Å²) in [6.45, 7) is 3.16. The third kappa shape index (κ3) is 2.50.